The Morgan fingerprint density at radius 3 is 1.19 bits per heavy atom. The Morgan fingerprint density at radius 2 is 0.786 bits per heavy atom. The SMILES string of the molecule is C(=Nc1ccc2c(c1)OCCOCCOc1cc(N=Cc3ccccc3)ccc1OCCOCCO2)c1ccccc1. The van der Waals surface area contributed by atoms with Crippen molar-refractivity contribution < 1.29 is 28.4 Å². The second-order valence-electron chi connectivity index (χ2n) is 9.22. The quantitative estimate of drug-likeness (QED) is 0.264. The maximum Gasteiger partial charge on any atom is 0.163 e. The first kappa shape index (κ1) is 28.9. The highest BCUT2D eigenvalue weighted by Crippen LogP contribution is 2.33. The zero-order chi connectivity index (χ0) is 28.7. The predicted octanol–water partition coefficient (Wildman–Crippen LogP) is 6.45. The number of fused-ring (bicyclic) bond motifs is 2. The maximum absolute atomic E-state index is 6.02. The van der Waals surface area contributed by atoms with Crippen molar-refractivity contribution in [3.63, 3.8) is 0 Å². The fourth-order valence-electron chi connectivity index (χ4n) is 4.04. The summed E-state index contributed by atoms with van der Waals surface area (Å²) in [6.07, 6.45) is 3.64. The van der Waals surface area contributed by atoms with E-state index in [4.69, 9.17) is 28.4 Å². The smallest absolute Gasteiger partial charge is 0.163 e. The van der Waals surface area contributed by atoms with Gasteiger partial charge in [0.1, 0.15) is 26.4 Å². The number of ether oxygens (including phenoxy) is 6. The largest absolute Gasteiger partial charge is 0.487 e. The summed E-state index contributed by atoms with van der Waals surface area (Å²) in [5.41, 5.74) is 3.56. The molecule has 1 heterocycles. The van der Waals surface area contributed by atoms with Crippen molar-refractivity contribution in [1.82, 2.24) is 0 Å². The highest BCUT2D eigenvalue weighted by Gasteiger charge is 2.10. The van der Waals surface area contributed by atoms with Crippen molar-refractivity contribution in [2.75, 3.05) is 52.9 Å². The molecule has 0 bridgehead atoms. The Hall–Kier alpha value is -4.66. The number of benzene rings is 4. The van der Waals surface area contributed by atoms with Crippen molar-refractivity contribution in [2.45, 2.75) is 0 Å². The standard InChI is InChI=1S/C34H34N2O6/c1-3-7-27(8-4-1)25-35-29-11-13-31-33(23-29)41-21-17-38-18-22-42-34-24-30(36-26-28-9-5-2-6-10-28)12-14-32(34)40-20-16-37-15-19-39-31/h1-14,23-26H,15-22H2. The lowest BCUT2D eigenvalue weighted by Crippen LogP contribution is -2.15. The lowest BCUT2D eigenvalue weighted by atomic mass is 10.2. The van der Waals surface area contributed by atoms with Crippen molar-refractivity contribution in [2.24, 2.45) is 9.98 Å². The Balaban J connectivity index is 1.20. The molecule has 0 radical (unpaired) electrons. The summed E-state index contributed by atoms with van der Waals surface area (Å²) in [7, 11) is 0. The van der Waals surface area contributed by atoms with Gasteiger partial charge in [0.05, 0.1) is 37.8 Å². The topological polar surface area (TPSA) is 80.1 Å². The third-order valence-corrected chi connectivity index (χ3v) is 6.12. The Bertz CT molecular complexity index is 1330. The van der Waals surface area contributed by atoms with Gasteiger partial charge in [-0.15, -0.1) is 0 Å². The molecule has 0 saturated carbocycles. The van der Waals surface area contributed by atoms with Gasteiger partial charge in [0.15, 0.2) is 23.0 Å². The second-order valence-corrected chi connectivity index (χ2v) is 9.22. The molecule has 0 spiro atoms. The highest BCUT2D eigenvalue weighted by atomic mass is 16.6. The van der Waals surface area contributed by atoms with Gasteiger partial charge >= 0.3 is 0 Å². The first-order chi connectivity index (χ1) is 20.8. The van der Waals surface area contributed by atoms with Gasteiger partial charge in [-0.1, -0.05) is 60.7 Å². The molecule has 0 aromatic heterocycles. The van der Waals surface area contributed by atoms with E-state index in [0.717, 1.165) is 22.5 Å². The van der Waals surface area contributed by atoms with Crippen LogP contribution in [0.3, 0.4) is 0 Å². The van der Waals surface area contributed by atoms with E-state index in [2.05, 4.69) is 9.98 Å². The lowest BCUT2D eigenvalue weighted by Gasteiger charge is -2.16. The molecule has 4 aromatic carbocycles. The molecule has 42 heavy (non-hydrogen) atoms. The molecule has 0 amide bonds. The molecular weight excluding hydrogens is 532 g/mol. The van der Waals surface area contributed by atoms with E-state index in [1.54, 1.807) is 0 Å². The number of nitrogens with zero attached hydrogens (tertiary/aromatic N) is 2. The van der Waals surface area contributed by atoms with E-state index in [1.807, 2.05) is 109 Å². The van der Waals surface area contributed by atoms with Crippen LogP contribution >= 0.6 is 0 Å². The van der Waals surface area contributed by atoms with Gasteiger partial charge < -0.3 is 28.4 Å². The average Bonchev–Trinajstić information content (AvgIpc) is 3.03. The van der Waals surface area contributed by atoms with Crippen molar-refractivity contribution >= 4 is 23.8 Å². The summed E-state index contributed by atoms with van der Waals surface area (Å²) in [5.74, 6) is 2.44. The molecule has 0 saturated heterocycles. The van der Waals surface area contributed by atoms with Gasteiger partial charge in [0.2, 0.25) is 0 Å². The predicted molar refractivity (Wildman–Crippen MR) is 164 cm³/mol. The highest BCUT2D eigenvalue weighted by molar-refractivity contribution is 5.82. The van der Waals surface area contributed by atoms with Gasteiger partial charge in [-0.25, -0.2) is 0 Å². The van der Waals surface area contributed by atoms with Crippen LogP contribution < -0.4 is 18.9 Å². The van der Waals surface area contributed by atoms with E-state index < -0.39 is 0 Å². The first-order valence-electron chi connectivity index (χ1n) is 14.0. The molecule has 4 aromatic rings. The molecule has 8 nitrogen and oxygen atoms in total. The third-order valence-electron chi connectivity index (χ3n) is 6.12. The van der Waals surface area contributed by atoms with Crippen LogP contribution in [-0.2, 0) is 9.47 Å². The van der Waals surface area contributed by atoms with Crippen LogP contribution in [0.25, 0.3) is 0 Å². The molecule has 216 valence electrons. The van der Waals surface area contributed by atoms with Crippen molar-refractivity contribution in [1.29, 1.82) is 0 Å². The van der Waals surface area contributed by atoms with E-state index in [1.165, 1.54) is 0 Å². The van der Waals surface area contributed by atoms with Crippen LogP contribution in [0.2, 0.25) is 0 Å². The molecule has 1 aliphatic rings. The van der Waals surface area contributed by atoms with Gasteiger partial charge in [0, 0.05) is 24.6 Å². The van der Waals surface area contributed by atoms with Crippen LogP contribution in [0.4, 0.5) is 11.4 Å². The molecule has 1 aliphatic heterocycles. The van der Waals surface area contributed by atoms with E-state index in [0.29, 0.717) is 75.9 Å². The lowest BCUT2D eigenvalue weighted by molar-refractivity contribution is 0.0640. The molecule has 5 rings (SSSR count). The van der Waals surface area contributed by atoms with E-state index in [9.17, 15) is 0 Å². The van der Waals surface area contributed by atoms with Crippen LogP contribution in [0.1, 0.15) is 11.1 Å². The summed E-state index contributed by atoms with van der Waals surface area (Å²) >= 11 is 0. The number of hydrogen-bond donors (Lipinski definition) is 0. The van der Waals surface area contributed by atoms with Gasteiger partial charge in [0.25, 0.3) is 0 Å². The average molecular weight is 567 g/mol. The Kier molecular flexibility index (Phi) is 11.0. The molecule has 0 unspecified atom stereocenters. The molecule has 0 atom stereocenters. The summed E-state index contributed by atoms with van der Waals surface area (Å²) in [6, 6.07) is 31.1. The fourth-order valence-corrected chi connectivity index (χ4v) is 4.04. The second kappa shape index (κ2) is 16.0. The third kappa shape index (κ3) is 9.19. The minimum absolute atomic E-state index is 0.344. The molecular formula is C34H34N2O6. The van der Waals surface area contributed by atoms with E-state index in [-0.39, 0.29) is 0 Å². The van der Waals surface area contributed by atoms with E-state index >= 15 is 0 Å². The molecule has 0 N–H and O–H groups in total. The van der Waals surface area contributed by atoms with Crippen LogP contribution in [0.15, 0.2) is 107 Å². The number of aliphatic imine (C=N–C) groups is 2. The van der Waals surface area contributed by atoms with Crippen LogP contribution in [0, 0.1) is 0 Å². The minimum Gasteiger partial charge on any atom is -0.487 e. The zero-order valence-corrected chi connectivity index (χ0v) is 23.4. The maximum atomic E-state index is 6.02. The van der Waals surface area contributed by atoms with Gasteiger partial charge in [-0.2, -0.15) is 0 Å². The Morgan fingerprint density at radius 1 is 0.405 bits per heavy atom. The fraction of sp³-hybridized carbons (Fsp3) is 0.235. The normalized spacial score (nSPS) is 15.2. The monoisotopic (exact) mass is 566 g/mol. The van der Waals surface area contributed by atoms with Gasteiger partial charge in [-0.05, 0) is 35.4 Å². The summed E-state index contributed by atoms with van der Waals surface area (Å²) < 4.78 is 35.5. The number of rotatable bonds is 4. The Labute approximate surface area is 246 Å². The summed E-state index contributed by atoms with van der Waals surface area (Å²) in [4.78, 5) is 9.16. The van der Waals surface area contributed by atoms with Crippen LogP contribution in [0.5, 0.6) is 23.0 Å². The van der Waals surface area contributed by atoms with Crippen molar-refractivity contribution in [3.8, 4) is 23.0 Å². The summed E-state index contributed by atoms with van der Waals surface area (Å²) in [6.45, 7) is 2.98. The molecule has 0 fully saturated rings. The first-order valence-corrected chi connectivity index (χ1v) is 14.0. The number of hydrogen-bond acceptors (Lipinski definition) is 8. The zero-order valence-electron chi connectivity index (χ0n) is 23.4. The summed E-state index contributed by atoms with van der Waals surface area (Å²) in [5, 5.41) is 0. The van der Waals surface area contributed by atoms with Gasteiger partial charge in [-0.3, -0.25) is 9.98 Å². The minimum atomic E-state index is 0.344. The van der Waals surface area contributed by atoms with Crippen LogP contribution in [-0.4, -0.2) is 65.3 Å². The van der Waals surface area contributed by atoms with Crippen molar-refractivity contribution in [3.05, 3.63) is 108 Å². The molecule has 8 heteroatoms. The molecule has 0 aliphatic carbocycles.